The quantitative estimate of drug-likeness (QED) is 0.737. The minimum atomic E-state index is -0.701. The molecule has 1 saturated heterocycles. The highest BCUT2D eigenvalue weighted by atomic mass is 19.1. The number of para-hydroxylation sites is 1. The van der Waals surface area contributed by atoms with Crippen molar-refractivity contribution in [3.63, 3.8) is 0 Å². The molecule has 1 fully saturated rings. The number of halogens is 2. The van der Waals surface area contributed by atoms with Crippen molar-refractivity contribution >= 4 is 5.91 Å². The Morgan fingerprint density at radius 3 is 2.50 bits per heavy atom. The van der Waals surface area contributed by atoms with E-state index in [-0.39, 0.29) is 11.7 Å². The van der Waals surface area contributed by atoms with Crippen LogP contribution in [0.3, 0.4) is 0 Å². The first-order valence-corrected chi connectivity index (χ1v) is 8.67. The fourth-order valence-corrected chi connectivity index (χ4v) is 2.95. The van der Waals surface area contributed by atoms with E-state index in [1.165, 1.54) is 4.90 Å². The number of amides is 1. The predicted molar refractivity (Wildman–Crippen MR) is 93.2 cm³/mol. The molecule has 1 aliphatic rings. The maximum atomic E-state index is 13.7. The fraction of sp³-hybridized carbons (Fsp3) is 0.350. The Morgan fingerprint density at radius 2 is 1.77 bits per heavy atom. The number of hydrogen-bond acceptors (Lipinski definition) is 3. The molecule has 0 N–H and O–H groups in total. The second kappa shape index (κ2) is 8.76. The van der Waals surface area contributed by atoms with E-state index < -0.39 is 17.5 Å². The lowest BCUT2D eigenvalue weighted by atomic mass is 10.1. The van der Waals surface area contributed by atoms with Gasteiger partial charge < -0.3 is 14.4 Å². The molecule has 1 heterocycles. The number of benzene rings is 2. The van der Waals surface area contributed by atoms with Gasteiger partial charge in [0, 0.05) is 13.1 Å². The van der Waals surface area contributed by atoms with Gasteiger partial charge in [-0.2, -0.15) is 0 Å². The van der Waals surface area contributed by atoms with Gasteiger partial charge in [0.15, 0.2) is 0 Å². The average Bonchev–Trinajstić information content (AvgIpc) is 2.68. The Labute approximate surface area is 151 Å². The number of piperidine rings is 1. The lowest BCUT2D eigenvalue weighted by Crippen LogP contribution is -2.41. The summed E-state index contributed by atoms with van der Waals surface area (Å²) < 4.78 is 38.4. The average molecular weight is 361 g/mol. The lowest BCUT2D eigenvalue weighted by molar-refractivity contribution is -0.00247. The summed E-state index contributed by atoms with van der Waals surface area (Å²) >= 11 is 0. The number of ether oxygens (including phenoxy) is 2. The molecule has 3 rings (SSSR count). The lowest BCUT2D eigenvalue weighted by Gasteiger charge is -2.32. The van der Waals surface area contributed by atoms with E-state index in [0.717, 1.165) is 23.9 Å². The molecule has 0 spiro atoms. The van der Waals surface area contributed by atoms with Gasteiger partial charge in [-0.3, -0.25) is 4.79 Å². The zero-order valence-corrected chi connectivity index (χ0v) is 14.4. The van der Waals surface area contributed by atoms with Crippen LogP contribution in [0.4, 0.5) is 8.78 Å². The zero-order valence-electron chi connectivity index (χ0n) is 14.4. The molecule has 0 bridgehead atoms. The van der Waals surface area contributed by atoms with Gasteiger partial charge in [-0.25, -0.2) is 8.78 Å². The largest absolute Gasteiger partial charge is 0.491 e. The molecule has 0 aliphatic carbocycles. The number of rotatable bonds is 6. The van der Waals surface area contributed by atoms with E-state index in [0.29, 0.717) is 39.1 Å². The minimum absolute atomic E-state index is 0.0378. The molecule has 26 heavy (non-hydrogen) atoms. The molecule has 1 aliphatic heterocycles. The molecule has 2 aromatic carbocycles. The molecular weight excluding hydrogens is 340 g/mol. The van der Waals surface area contributed by atoms with Crippen LogP contribution in [0.15, 0.2) is 48.5 Å². The predicted octanol–water partition coefficient (Wildman–Crippen LogP) is 3.67. The second-order valence-corrected chi connectivity index (χ2v) is 6.15. The first-order valence-electron chi connectivity index (χ1n) is 8.67. The maximum absolute atomic E-state index is 13.7. The number of hydrogen-bond donors (Lipinski definition) is 0. The normalized spacial score (nSPS) is 15.1. The van der Waals surface area contributed by atoms with Crippen molar-refractivity contribution in [3.8, 4) is 5.75 Å². The molecule has 0 radical (unpaired) electrons. The maximum Gasteiger partial charge on any atom is 0.256 e. The van der Waals surface area contributed by atoms with Gasteiger partial charge in [0.1, 0.15) is 24.0 Å². The van der Waals surface area contributed by atoms with Gasteiger partial charge in [0.05, 0.1) is 18.3 Å². The van der Waals surface area contributed by atoms with Crippen molar-refractivity contribution in [2.24, 2.45) is 0 Å². The van der Waals surface area contributed by atoms with E-state index in [4.69, 9.17) is 9.47 Å². The summed E-state index contributed by atoms with van der Waals surface area (Å²) in [5.74, 6) is -0.999. The van der Waals surface area contributed by atoms with Crippen molar-refractivity contribution < 1.29 is 23.0 Å². The molecule has 2 aromatic rings. The summed E-state index contributed by atoms with van der Waals surface area (Å²) in [6.45, 7) is 1.84. The Kier molecular flexibility index (Phi) is 6.17. The van der Waals surface area contributed by atoms with Crippen LogP contribution in [0.25, 0.3) is 0 Å². The summed E-state index contributed by atoms with van der Waals surface area (Å²) in [6, 6.07) is 12.4. The second-order valence-electron chi connectivity index (χ2n) is 6.15. The van der Waals surface area contributed by atoms with Crippen LogP contribution < -0.4 is 4.74 Å². The summed E-state index contributed by atoms with van der Waals surface area (Å²) in [4.78, 5) is 13.9. The van der Waals surface area contributed by atoms with E-state index in [2.05, 4.69) is 0 Å². The SMILES string of the molecule is O=C(c1cc(F)ccc1F)N1CCC(OCCOc2ccccc2)CC1. The Balaban J connectivity index is 1.41. The minimum Gasteiger partial charge on any atom is -0.491 e. The van der Waals surface area contributed by atoms with Crippen LogP contribution in [0.2, 0.25) is 0 Å². The number of nitrogens with zero attached hydrogens (tertiary/aromatic N) is 1. The topological polar surface area (TPSA) is 38.8 Å². The highest BCUT2D eigenvalue weighted by Crippen LogP contribution is 2.19. The van der Waals surface area contributed by atoms with Crippen LogP contribution >= 0.6 is 0 Å². The first kappa shape index (κ1) is 18.3. The highest BCUT2D eigenvalue weighted by Gasteiger charge is 2.25. The summed E-state index contributed by atoms with van der Waals surface area (Å²) in [6.07, 6.45) is 1.36. The number of carbonyl (C=O) groups is 1. The van der Waals surface area contributed by atoms with Crippen molar-refractivity contribution in [1.29, 1.82) is 0 Å². The molecule has 0 unspecified atom stereocenters. The van der Waals surface area contributed by atoms with Crippen molar-refractivity contribution in [1.82, 2.24) is 4.90 Å². The Hall–Kier alpha value is -2.47. The first-order chi connectivity index (χ1) is 12.6. The molecule has 1 amide bonds. The van der Waals surface area contributed by atoms with Crippen molar-refractivity contribution in [3.05, 3.63) is 65.7 Å². The van der Waals surface area contributed by atoms with E-state index in [1.807, 2.05) is 30.3 Å². The number of likely N-dealkylation sites (tertiary alicyclic amines) is 1. The third-order valence-corrected chi connectivity index (χ3v) is 4.34. The molecule has 0 saturated carbocycles. The van der Waals surface area contributed by atoms with Crippen LogP contribution in [0.5, 0.6) is 5.75 Å². The van der Waals surface area contributed by atoms with E-state index in [1.54, 1.807) is 0 Å². The standard InChI is InChI=1S/C20H21F2NO3/c21-15-6-7-19(22)18(14-15)20(24)23-10-8-17(9-11-23)26-13-12-25-16-4-2-1-3-5-16/h1-7,14,17H,8-13H2. The third kappa shape index (κ3) is 4.79. The van der Waals surface area contributed by atoms with Gasteiger partial charge >= 0.3 is 0 Å². The number of carbonyl (C=O) groups excluding carboxylic acids is 1. The van der Waals surface area contributed by atoms with Gasteiger partial charge in [-0.15, -0.1) is 0 Å². The molecule has 138 valence electrons. The Bertz CT molecular complexity index is 731. The van der Waals surface area contributed by atoms with E-state index >= 15 is 0 Å². The van der Waals surface area contributed by atoms with Crippen LogP contribution in [0.1, 0.15) is 23.2 Å². The zero-order chi connectivity index (χ0) is 18.4. The molecular formula is C20H21F2NO3. The Morgan fingerprint density at radius 1 is 1.04 bits per heavy atom. The van der Waals surface area contributed by atoms with Crippen molar-refractivity contribution in [2.75, 3.05) is 26.3 Å². The fourth-order valence-electron chi connectivity index (χ4n) is 2.95. The van der Waals surface area contributed by atoms with Gasteiger partial charge in [-0.05, 0) is 43.2 Å². The van der Waals surface area contributed by atoms with E-state index in [9.17, 15) is 13.6 Å². The summed E-state index contributed by atoms with van der Waals surface area (Å²) in [7, 11) is 0. The molecule has 4 nitrogen and oxygen atoms in total. The van der Waals surface area contributed by atoms with Crippen LogP contribution in [-0.2, 0) is 4.74 Å². The third-order valence-electron chi connectivity index (χ3n) is 4.34. The van der Waals surface area contributed by atoms with Gasteiger partial charge in [0.25, 0.3) is 5.91 Å². The van der Waals surface area contributed by atoms with Gasteiger partial charge in [0.2, 0.25) is 0 Å². The monoisotopic (exact) mass is 361 g/mol. The van der Waals surface area contributed by atoms with Gasteiger partial charge in [-0.1, -0.05) is 18.2 Å². The molecule has 0 atom stereocenters. The summed E-state index contributed by atoms with van der Waals surface area (Å²) in [5.41, 5.74) is -0.222. The highest BCUT2D eigenvalue weighted by molar-refractivity contribution is 5.94. The molecule has 0 aromatic heterocycles. The summed E-state index contributed by atoms with van der Waals surface area (Å²) in [5, 5.41) is 0. The smallest absolute Gasteiger partial charge is 0.256 e. The van der Waals surface area contributed by atoms with Crippen LogP contribution in [0, 0.1) is 11.6 Å². The molecule has 6 heteroatoms. The van der Waals surface area contributed by atoms with Crippen LogP contribution in [-0.4, -0.2) is 43.2 Å². The van der Waals surface area contributed by atoms with Crippen molar-refractivity contribution in [2.45, 2.75) is 18.9 Å².